The van der Waals surface area contributed by atoms with Crippen LogP contribution in [0.25, 0.3) is 0 Å². The van der Waals surface area contributed by atoms with E-state index >= 15 is 0 Å². The predicted octanol–water partition coefficient (Wildman–Crippen LogP) is 2.17. The van der Waals surface area contributed by atoms with E-state index in [1.54, 1.807) is 25.3 Å². The molecule has 1 aromatic rings. The Bertz CT molecular complexity index is 602. The Labute approximate surface area is 148 Å². The van der Waals surface area contributed by atoms with Crippen molar-refractivity contribution in [1.29, 1.82) is 0 Å². The minimum atomic E-state index is -0.361. The lowest BCUT2D eigenvalue weighted by Gasteiger charge is -2.39. The first-order valence-corrected chi connectivity index (χ1v) is 9.08. The molecule has 1 aromatic carbocycles. The van der Waals surface area contributed by atoms with Gasteiger partial charge in [-0.15, -0.1) is 0 Å². The number of rotatable bonds is 4. The number of methoxy groups -OCH3 is 1. The Morgan fingerprint density at radius 1 is 1.28 bits per heavy atom. The quantitative estimate of drug-likeness (QED) is 0.904. The number of anilines is 1. The molecule has 1 aliphatic heterocycles. The fraction of sp³-hybridized carbons (Fsp3) is 0.632. The van der Waals surface area contributed by atoms with Crippen LogP contribution in [0.15, 0.2) is 18.2 Å². The predicted molar refractivity (Wildman–Crippen MR) is 93.9 cm³/mol. The summed E-state index contributed by atoms with van der Waals surface area (Å²) in [6, 6.07) is 5.08. The molecule has 1 saturated heterocycles. The summed E-state index contributed by atoms with van der Waals surface area (Å²) in [4.78, 5) is 16.6. The zero-order valence-corrected chi connectivity index (χ0v) is 14.8. The molecule has 138 valence electrons. The van der Waals surface area contributed by atoms with Gasteiger partial charge in [-0.25, -0.2) is 4.39 Å². The van der Waals surface area contributed by atoms with E-state index in [1.165, 1.54) is 0 Å². The number of amides is 1. The number of nitrogens with zero attached hydrogens (tertiary/aromatic N) is 2. The van der Waals surface area contributed by atoms with Gasteiger partial charge >= 0.3 is 0 Å². The molecular formula is C19H27FN2O3. The highest BCUT2D eigenvalue weighted by atomic mass is 19.1. The maximum atomic E-state index is 14.4. The second-order valence-corrected chi connectivity index (χ2v) is 6.94. The molecule has 2 fully saturated rings. The molecule has 0 bridgehead atoms. The Morgan fingerprint density at radius 3 is 2.72 bits per heavy atom. The number of aliphatic hydroxyl groups is 1. The smallest absolute Gasteiger partial charge is 0.225 e. The van der Waals surface area contributed by atoms with Crippen molar-refractivity contribution in [2.45, 2.75) is 38.4 Å². The number of halogens is 1. The number of aliphatic hydroxyl groups excluding tert-OH is 1. The third-order valence-electron chi connectivity index (χ3n) is 5.47. The molecule has 2 aliphatic rings. The van der Waals surface area contributed by atoms with Gasteiger partial charge in [-0.1, -0.05) is 18.6 Å². The molecule has 25 heavy (non-hydrogen) atoms. The van der Waals surface area contributed by atoms with Gasteiger partial charge < -0.3 is 19.6 Å². The van der Waals surface area contributed by atoms with Gasteiger partial charge in [0, 0.05) is 44.8 Å². The molecule has 1 amide bonds. The minimum absolute atomic E-state index is 0.0553. The number of carbonyl (C=O) groups excluding carboxylic acids is 1. The topological polar surface area (TPSA) is 53.0 Å². The summed E-state index contributed by atoms with van der Waals surface area (Å²) in [5.41, 5.74) is 0.819. The lowest BCUT2D eigenvalue weighted by molar-refractivity contribution is -0.138. The summed E-state index contributed by atoms with van der Waals surface area (Å²) in [5, 5.41) is 9.22. The molecule has 3 rings (SSSR count). The van der Waals surface area contributed by atoms with E-state index in [1.807, 2.05) is 9.80 Å². The average Bonchev–Trinajstić information content (AvgIpc) is 2.68. The van der Waals surface area contributed by atoms with E-state index in [0.29, 0.717) is 37.4 Å². The lowest BCUT2D eigenvalue weighted by atomic mass is 9.86. The van der Waals surface area contributed by atoms with Crippen LogP contribution < -0.4 is 4.90 Å². The highest BCUT2D eigenvalue weighted by Crippen LogP contribution is 2.29. The molecule has 0 unspecified atom stereocenters. The van der Waals surface area contributed by atoms with Crippen molar-refractivity contribution in [2.75, 3.05) is 38.2 Å². The highest BCUT2D eigenvalue weighted by Gasteiger charge is 2.32. The van der Waals surface area contributed by atoms with Crippen LogP contribution in [-0.4, -0.2) is 55.3 Å². The van der Waals surface area contributed by atoms with E-state index in [-0.39, 0.29) is 30.4 Å². The molecule has 0 aromatic heterocycles. The Kier molecular flexibility index (Phi) is 5.91. The van der Waals surface area contributed by atoms with Gasteiger partial charge in [0.15, 0.2) is 5.82 Å². The van der Waals surface area contributed by atoms with Crippen LogP contribution in [0, 0.1) is 11.7 Å². The standard InChI is InChI=1S/C19H27FN2O3/c1-25-16-6-2-4-14(12-16)19(24)22-10-8-21(9-11-22)17-7-3-5-15(13-23)18(17)20/h3,5,7,14,16,23H,2,4,6,8-13H2,1H3/t14-,16+/m1/s1. The first-order valence-electron chi connectivity index (χ1n) is 9.08. The average molecular weight is 350 g/mol. The third kappa shape index (κ3) is 3.96. The molecule has 1 heterocycles. The maximum Gasteiger partial charge on any atom is 0.225 e. The van der Waals surface area contributed by atoms with Crippen molar-refractivity contribution in [3.05, 3.63) is 29.6 Å². The number of benzene rings is 1. The van der Waals surface area contributed by atoms with E-state index < -0.39 is 0 Å². The summed E-state index contributed by atoms with van der Waals surface area (Å²) in [6.07, 6.45) is 4.01. The molecule has 0 radical (unpaired) electrons. The van der Waals surface area contributed by atoms with Crippen LogP contribution in [0.4, 0.5) is 10.1 Å². The second kappa shape index (κ2) is 8.15. The number of hydrogen-bond donors (Lipinski definition) is 1. The van der Waals surface area contributed by atoms with Crippen molar-refractivity contribution in [3.8, 4) is 0 Å². The van der Waals surface area contributed by atoms with Gasteiger partial charge in [-0.2, -0.15) is 0 Å². The van der Waals surface area contributed by atoms with Crippen molar-refractivity contribution >= 4 is 11.6 Å². The zero-order valence-electron chi connectivity index (χ0n) is 14.8. The normalized spacial score (nSPS) is 24.4. The fourth-order valence-corrected chi connectivity index (χ4v) is 3.94. The van der Waals surface area contributed by atoms with Gasteiger partial charge in [0.2, 0.25) is 5.91 Å². The van der Waals surface area contributed by atoms with Gasteiger partial charge in [0.25, 0.3) is 0 Å². The maximum absolute atomic E-state index is 14.4. The summed E-state index contributed by atoms with van der Waals surface area (Å²) in [6.45, 7) is 2.13. The Morgan fingerprint density at radius 2 is 2.04 bits per heavy atom. The largest absolute Gasteiger partial charge is 0.392 e. The van der Waals surface area contributed by atoms with E-state index in [0.717, 1.165) is 25.7 Å². The van der Waals surface area contributed by atoms with Crippen LogP contribution in [0.3, 0.4) is 0 Å². The molecule has 5 nitrogen and oxygen atoms in total. The Hall–Kier alpha value is -1.66. The molecule has 6 heteroatoms. The second-order valence-electron chi connectivity index (χ2n) is 6.94. The summed E-state index contributed by atoms with van der Waals surface area (Å²) >= 11 is 0. The van der Waals surface area contributed by atoms with Crippen LogP contribution in [-0.2, 0) is 16.1 Å². The van der Waals surface area contributed by atoms with Gasteiger partial charge in [0.05, 0.1) is 18.4 Å². The van der Waals surface area contributed by atoms with Crippen LogP contribution >= 0.6 is 0 Å². The van der Waals surface area contributed by atoms with E-state index in [4.69, 9.17) is 4.74 Å². The van der Waals surface area contributed by atoms with Crippen molar-refractivity contribution in [2.24, 2.45) is 5.92 Å². The molecule has 1 aliphatic carbocycles. The van der Waals surface area contributed by atoms with E-state index in [2.05, 4.69) is 0 Å². The first kappa shape index (κ1) is 18.1. The van der Waals surface area contributed by atoms with Gasteiger partial charge in [0.1, 0.15) is 0 Å². The summed E-state index contributed by atoms with van der Waals surface area (Å²) in [5.74, 6) is -0.0920. The minimum Gasteiger partial charge on any atom is -0.392 e. The first-order chi connectivity index (χ1) is 12.1. The monoisotopic (exact) mass is 350 g/mol. The van der Waals surface area contributed by atoms with E-state index in [9.17, 15) is 14.3 Å². The number of piperazine rings is 1. The Balaban J connectivity index is 1.59. The van der Waals surface area contributed by atoms with Crippen molar-refractivity contribution in [3.63, 3.8) is 0 Å². The SMILES string of the molecule is CO[C@H]1CCC[C@@H](C(=O)N2CCN(c3cccc(CO)c3F)CC2)C1. The number of ether oxygens (including phenoxy) is 1. The molecule has 0 spiro atoms. The molecule has 1 saturated carbocycles. The van der Waals surface area contributed by atoms with Crippen LogP contribution in [0.1, 0.15) is 31.2 Å². The van der Waals surface area contributed by atoms with Gasteiger partial charge in [-0.05, 0) is 25.3 Å². The van der Waals surface area contributed by atoms with Crippen molar-refractivity contribution < 1.29 is 19.0 Å². The molecular weight excluding hydrogens is 323 g/mol. The fourth-order valence-electron chi connectivity index (χ4n) is 3.94. The summed E-state index contributed by atoms with van der Waals surface area (Å²) < 4.78 is 19.8. The lowest BCUT2D eigenvalue weighted by Crippen LogP contribution is -2.51. The van der Waals surface area contributed by atoms with Crippen LogP contribution in [0.5, 0.6) is 0 Å². The number of carbonyl (C=O) groups is 1. The zero-order chi connectivity index (χ0) is 17.8. The molecule has 2 atom stereocenters. The van der Waals surface area contributed by atoms with Crippen LogP contribution in [0.2, 0.25) is 0 Å². The third-order valence-corrected chi connectivity index (χ3v) is 5.47. The summed E-state index contributed by atoms with van der Waals surface area (Å²) in [7, 11) is 1.71. The highest BCUT2D eigenvalue weighted by molar-refractivity contribution is 5.79. The van der Waals surface area contributed by atoms with Crippen molar-refractivity contribution in [1.82, 2.24) is 4.90 Å². The molecule has 1 N–H and O–H groups in total. The van der Waals surface area contributed by atoms with Gasteiger partial charge in [-0.3, -0.25) is 4.79 Å². The number of hydrogen-bond acceptors (Lipinski definition) is 4.